The number of furan rings is 1. The average Bonchev–Trinajstić information content (AvgIpc) is 2.98. The molecule has 0 unspecified atom stereocenters. The molecular weight excluding hydrogens is 336 g/mol. The predicted molar refractivity (Wildman–Crippen MR) is 82.2 cm³/mol. The van der Waals surface area contributed by atoms with Gasteiger partial charge in [-0.15, -0.1) is 0 Å². The van der Waals surface area contributed by atoms with Gasteiger partial charge in [0.25, 0.3) is 5.91 Å². The second-order valence-electron chi connectivity index (χ2n) is 4.28. The van der Waals surface area contributed by atoms with Gasteiger partial charge in [0.2, 0.25) is 0 Å². The van der Waals surface area contributed by atoms with Gasteiger partial charge in [-0.2, -0.15) is 0 Å². The van der Waals surface area contributed by atoms with Gasteiger partial charge in [0.1, 0.15) is 0 Å². The maximum atomic E-state index is 11.6. The Labute approximate surface area is 130 Å². The summed E-state index contributed by atoms with van der Waals surface area (Å²) in [6.07, 6.45) is 4.36. The number of rotatable bonds is 3. The lowest BCUT2D eigenvalue weighted by Gasteiger charge is -2.03. The molecule has 0 bridgehead atoms. The third kappa shape index (κ3) is 4.32. The van der Waals surface area contributed by atoms with Gasteiger partial charge in [-0.1, -0.05) is 28.1 Å². The number of hydrazine groups is 1. The molecule has 1 aromatic heterocycles. The molecule has 0 aliphatic heterocycles. The fourth-order valence-electron chi connectivity index (χ4n) is 1.56. The molecule has 1 heterocycles. The molecule has 1 aromatic carbocycles. The molecule has 0 saturated carbocycles. The van der Waals surface area contributed by atoms with Crippen LogP contribution in [0.1, 0.15) is 21.7 Å². The van der Waals surface area contributed by atoms with Gasteiger partial charge < -0.3 is 4.42 Å². The molecule has 6 heteroatoms. The van der Waals surface area contributed by atoms with Gasteiger partial charge >= 0.3 is 5.91 Å². The fourth-order valence-corrected chi connectivity index (χ4v) is 2.19. The Hall–Kier alpha value is -2.34. The molecule has 2 aromatic rings. The van der Waals surface area contributed by atoms with E-state index in [2.05, 4.69) is 26.8 Å². The molecule has 0 saturated heterocycles. The van der Waals surface area contributed by atoms with Gasteiger partial charge in [0.15, 0.2) is 5.76 Å². The number of halogens is 1. The quantitative estimate of drug-likeness (QED) is 0.661. The summed E-state index contributed by atoms with van der Waals surface area (Å²) in [7, 11) is 0. The highest BCUT2D eigenvalue weighted by Gasteiger charge is 2.08. The van der Waals surface area contributed by atoms with Gasteiger partial charge in [0, 0.05) is 10.5 Å². The maximum absolute atomic E-state index is 11.6. The summed E-state index contributed by atoms with van der Waals surface area (Å²) in [4.78, 5) is 23.1. The summed E-state index contributed by atoms with van der Waals surface area (Å²) in [5.41, 5.74) is 6.51. The normalized spacial score (nSPS) is 10.6. The molecule has 0 atom stereocenters. The van der Waals surface area contributed by atoms with Crippen LogP contribution in [0.25, 0.3) is 6.08 Å². The molecule has 0 radical (unpaired) electrons. The first kappa shape index (κ1) is 15.1. The zero-order chi connectivity index (χ0) is 15.2. The lowest BCUT2D eigenvalue weighted by Crippen LogP contribution is -2.40. The summed E-state index contributed by atoms with van der Waals surface area (Å²) in [5, 5.41) is 0. The summed E-state index contributed by atoms with van der Waals surface area (Å²) in [6.45, 7) is 1.98. The minimum absolute atomic E-state index is 0.126. The number of amides is 2. The molecule has 0 aliphatic carbocycles. The first-order valence-electron chi connectivity index (χ1n) is 6.14. The minimum atomic E-state index is -0.515. The van der Waals surface area contributed by atoms with E-state index in [4.69, 9.17) is 4.42 Å². The van der Waals surface area contributed by atoms with Crippen molar-refractivity contribution in [1.82, 2.24) is 10.9 Å². The number of aryl methyl sites for hydroxylation is 1. The molecule has 0 aliphatic rings. The zero-order valence-electron chi connectivity index (χ0n) is 11.2. The van der Waals surface area contributed by atoms with E-state index in [1.165, 1.54) is 18.4 Å². The highest BCUT2D eigenvalue weighted by atomic mass is 79.9. The first-order valence-corrected chi connectivity index (χ1v) is 6.93. The van der Waals surface area contributed by atoms with Gasteiger partial charge in [-0.05, 0) is 42.3 Å². The SMILES string of the molecule is Cc1ccc(/C=C/C(=O)NNC(=O)c2ccco2)c(Br)c1. The lowest BCUT2D eigenvalue weighted by atomic mass is 10.1. The lowest BCUT2D eigenvalue weighted by molar-refractivity contribution is -0.117. The van der Waals surface area contributed by atoms with Crippen molar-refractivity contribution in [3.8, 4) is 0 Å². The van der Waals surface area contributed by atoms with Crippen molar-refractivity contribution in [2.45, 2.75) is 6.92 Å². The van der Waals surface area contributed by atoms with Gasteiger partial charge in [-0.25, -0.2) is 0 Å². The number of benzene rings is 1. The van der Waals surface area contributed by atoms with Crippen molar-refractivity contribution < 1.29 is 14.0 Å². The predicted octanol–water partition coefficient (Wildman–Crippen LogP) is 2.82. The first-order chi connectivity index (χ1) is 10.1. The Balaban J connectivity index is 1.89. The van der Waals surface area contributed by atoms with Crippen molar-refractivity contribution in [2.24, 2.45) is 0 Å². The van der Waals surface area contributed by atoms with Crippen molar-refractivity contribution in [1.29, 1.82) is 0 Å². The Kier molecular flexibility index (Phi) is 4.94. The standard InChI is InChI=1S/C15H13BrN2O3/c1-10-4-5-11(12(16)9-10)6-7-14(19)17-18-15(20)13-3-2-8-21-13/h2-9H,1H3,(H,17,19)(H,18,20)/b7-6+. The van der Waals surface area contributed by atoms with E-state index in [9.17, 15) is 9.59 Å². The van der Waals surface area contributed by atoms with Crippen molar-refractivity contribution in [3.05, 3.63) is 64.0 Å². The molecule has 0 spiro atoms. The molecular formula is C15H13BrN2O3. The molecule has 5 nitrogen and oxygen atoms in total. The Morgan fingerprint density at radius 2 is 2.05 bits per heavy atom. The minimum Gasteiger partial charge on any atom is -0.459 e. The highest BCUT2D eigenvalue weighted by molar-refractivity contribution is 9.10. The second kappa shape index (κ2) is 6.90. The highest BCUT2D eigenvalue weighted by Crippen LogP contribution is 2.19. The van der Waals surface area contributed by atoms with E-state index in [0.29, 0.717) is 0 Å². The Morgan fingerprint density at radius 1 is 1.24 bits per heavy atom. The number of nitrogens with one attached hydrogen (secondary N) is 2. The van der Waals surface area contributed by atoms with Gasteiger partial charge in [-0.3, -0.25) is 20.4 Å². The molecule has 2 N–H and O–H groups in total. The zero-order valence-corrected chi connectivity index (χ0v) is 12.8. The van der Waals surface area contributed by atoms with E-state index in [-0.39, 0.29) is 5.76 Å². The molecule has 108 valence electrons. The van der Waals surface area contributed by atoms with Crippen molar-refractivity contribution in [3.63, 3.8) is 0 Å². The van der Waals surface area contributed by atoms with E-state index >= 15 is 0 Å². The fraction of sp³-hybridized carbons (Fsp3) is 0.0667. The van der Waals surface area contributed by atoms with Crippen molar-refractivity contribution >= 4 is 33.8 Å². The van der Waals surface area contributed by atoms with Crippen molar-refractivity contribution in [2.75, 3.05) is 0 Å². The van der Waals surface area contributed by atoms with Crippen LogP contribution >= 0.6 is 15.9 Å². The summed E-state index contributed by atoms with van der Waals surface area (Å²) in [5.74, 6) is -0.832. The summed E-state index contributed by atoms with van der Waals surface area (Å²) >= 11 is 3.42. The van der Waals surface area contributed by atoms with Crippen LogP contribution in [0.5, 0.6) is 0 Å². The third-order valence-electron chi connectivity index (χ3n) is 2.61. The summed E-state index contributed by atoms with van der Waals surface area (Å²) in [6, 6.07) is 8.88. The largest absolute Gasteiger partial charge is 0.459 e. The Bertz CT molecular complexity index is 678. The number of carbonyl (C=O) groups is 2. The number of hydrogen-bond donors (Lipinski definition) is 2. The molecule has 2 rings (SSSR count). The second-order valence-corrected chi connectivity index (χ2v) is 5.13. The van der Waals surface area contributed by atoms with Crippen LogP contribution in [0.15, 0.2) is 51.6 Å². The van der Waals surface area contributed by atoms with Crippen LogP contribution in [-0.2, 0) is 4.79 Å². The molecule has 2 amide bonds. The number of hydrogen-bond acceptors (Lipinski definition) is 3. The van der Waals surface area contributed by atoms with Crippen LogP contribution in [0.3, 0.4) is 0 Å². The molecule has 21 heavy (non-hydrogen) atoms. The maximum Gasteiger partial charge on any atom is 0.305 e. The van der Waals surface area contributed by atoms with E-state index < -0.39 is 11.8 Å². The summed E-state index contributed by atoms with van der Waals surface area (Å²) < 4.78 is 5.79. The Morgan fingerprint density at radius 3 is 2.71 bits per heavy atom. The van der Waals surface area contributed by atoms with Crippen LogP contribution in [0.4, 0.5) is 0 Å². The van der Waals surface area contributed by atoms with E-state index in [1.54, 1.807) is 12.1 Å². The molecule has 0 fully saturated rings. The van der Waals surface area contributed by atoms with Crippen LogP contribution < -0.4 is 10.9 Å². The van der Waals surface area contributed by atoms with Crippen LogP contribution in [0, 0.1) is 6.92 Å². The average molecular weight is 349 g/mol. The van der Waals surface area contributed by atoms with Gasteiger partial charge in [0.05, 0.1) is 6.26 Å². The topological polar surface area (TPSA) is 71.3 Å². The van der Waals surface area contributed by atoms with Crippen LogP contribution in [0.2, 0.25) is 0 Å². The van der Waals surface area contributed by atoms with E-state index in [0.717, 1.165) is 15.6 Å². The van der Waals surface area contributed by atoms with E-state index in [1.807, 2.05) is 25.1 Å². The number of carbonyl (C=O) groups excluding carboxylic acids is 2. The third-order valence-corrected chi connectivity index (χ3v) is 3.30. The smallest absolute Gasteiger partial charge is 0.305 e. The van der Waals surface area contributed by atoms with Crippen LogP contribution in [-0.4, -0.2) is 11.8 Å². The monoisotopic (exact) mass is 348 g/mol.